The highest BCUT2D eigenvalue weighted by Crippen LogP contribution is 2.28. The van der Waals surface area contributed by atoms with E-state index in [-0.39, 0.29) is 0 Å². The average Bonchev–Trinajstić information content (AvgIpc) is 3.16. The molecule has 0 saturated heterocycles. The third-order valence-corrected chi connectivity index (χ3v) is 3.55. The third kappa shape index (κ3) is 2.70. The number of aromatic nitrogens is 2. The lowest BCUT2D eigenvalue weighted by molar-refractivity contribution is 0.411. The van der Waals surface area contributed by atoms with Crippen LogP contribution in [0, 0.1) is 0 Å². The molecule has 0 spiro atoms. The number of ether oxygens (including phenoxy) is 1. The van der Waals surface area contributed by atoms with E-state index >= 15 is 0 Å². The highest BCUT2D eigenvalue weighted by molar-refractivity contribution is 7.98. The van der Waals surface area contributed by atoms with E-state index in [2.05, 4.69) is 10.2 Å². The normalized spacial score (nSPS) is 10.7. The zero-order chi connectivity index (χ0) is 13.8. The molecule has 0 unspecified atom stereocenters. The van der Waals surface area contributed by atoms with Gasteiger partial charge in [-0.3, -0.25) is 0 Å². The van der Waals surface area contributed by atoms with Gasteiger partial charge in [0, 0.05) is 11.3 Å². The number of thioether (sulfide) groups is 1. The summed E-state index contributed by atoms with van der Waals surface area (Å²) in [6, 6.07) is 11.4. The molecule has 6 heteroatoms. The minimum atomic E-state index is 0.387. The Bertz CT molecular complexity index is 679. The Hall–Kier alpha value is -2.21. The van der Waals surface area contributed by atoms with Crippen LogP contribution < -0.4 is 4.74 Å². The van der Waals surface area contributed by atoms with E-state index in [1.807, 2.05) is 24.3 Å². The number of nitrogens with zero attached hydrogens (tertiary/aromatic N) is 2. The zero-order valence-electron chi connectivity index (χ0n) is 10.8. The maximum Gasteiger partial charge on any atom is 0.284 e. The monoisotopic (exact) mass is 288 g/mol. The molecule has 102 valence electrons. The SMILES string of the molecule is COc1ccccc1CSc1nnc(-c2ccco2)o1. The lowest BCUT2D eigenvalue weighted by atomic mass is 10.2. The minimum absolute atomic E-state index is 0.387. The van der Waals surface area contributed by atoms with E-state index in [0.717, 1.165) is 11.3 Å². The van der Waals surface area contributed by atoms with E-state index in [1.165, 1.54) is 11.8 Å². The van der Waals surface area contributed by atoms with Gasteiger partial charge in [0.15, 0.2) is 5.76 Å². The standard InChI is InChI=1S/C14H12N2O3S/c1-17-11-6-3-2-5-10(11)9-20-14-16-15-13(19-14)12-7-4-8-18-12/h2-8H,9H2,1H3. The fraction of sp³-hybridized carbons (Fsp3) is 0.143. The Labute approximate surface area is 120 Å². The third-order valence-electron chi connectivity index (χ3n) is 2.68. The molecule has 0 amide bonds. The Kier molecular flexibility index (Phi) is 3.73. The van der Waals surface area contributed by atoms with Gasteiger partial charge in [-0.25, -0.2) is 0 Å². The summed E-state index contributed by atoms with van der Waals surface area (Å²) in [5.41, 5.74) is 1.08. The summed E-state index contributed by atoms with van der Waals surface area (Å²) in [6.45, 7) is 0. The summed E-state index contributed by atoms with van der Waals surface area (Å²) in [7, 11) is 1.66. The molecule has 20 heavy (non-hydrogen) atoms. The molecule has 0 radical (unpaired) electrons. The molecule has 0 saturated carbocycles. The van der Waals surface area contributed by atoms with Crippen LogP contribution in [0.4, 0.5) is 0 Å². The van der Waals surface area contributed by atoms with Gasteiger partial charge in [-0.1, -0.05) is 30.0 Å². The van der Waals surface area contributed by atoms with Crippen LogP contribution in [0.1, 0.15) is 5.56 Å². The van der Waals surface area contributed by atoms with Gasteiger partial charge >= 0.3 is 0 Å². The molecule has 2 heterocycles. The second-order valence-corrected chi connectivity index (χ2v) is 4.88. The summed E-state index contributed by atoms with van der Waals surface area (Å²) in [5, 5.41) is 8.44. The number of methoxy groups -OCH3 is 1. The van der Waals surface area contributed by atoms with Crippen LogP contribution in [-0.4, -0.2) is 17.3 Å². The molecule has 0 aliphatic heterocycles. The largest absolute Gasteiger partial charge is 0.496 e. The predicted octanol–water partition coefficient (Wildman–Crippen LogP) is 3.63. The van der Waals surface area contributed by atoms with Gasteiger partial charge in [0.2, 0.25) is 0 Å². The lowest BCUT2D eigenvalue weighted by Crippen LogP contribution is -1.89. The van der Waals surface area contributed by atoms with Crippen LogP contribution >= 0.6 is 11.8 Å². The van der Waals surface area contributed by atoms with Gasteiger partial charge in [0.1, 0.15) is 5.75 Å². The van der Waals surface area contributed by atoms with Crippen molar-refractivity contribution in [1.29, 1.82) is 0 Å². The number of rotatable bonds is 5. The molecular formula is C14H12N2O3S. The summed E-state index contributed by atoms with van der Waals surface area (Å²) in [6.07, 6.45) is 1.57. The first-order valence-electron chi connectivity index (χ1n) is 5.99. The Morgan fingerprint density at radius 2 is 2.05 bits per heavy atom. The fourth-order valence-corrected chi connectivity index (χ4v) is 2.48. The molecule has 0 bridgehead atoms. The quantitative estimate of drug-likeness (QED) is 0.668. The minimum Gasteiger partial charge on any atom is -0.496 e. The first-order valence-corrected chi connectivity index (χ1v) is 6.97. The summed E-state index contributed by atoms with van der Waals surface area (Å²) >= 11 is 1.46. The number of hydrogen-bond acceptors (Lipinski definition) is 6. The van der Waals surface area contributed by atoms with Gasteiger partial charge in [-0.2, -0.15) is 0 Å². The summed E-state index contributed by atoms with van der Waals surface area (Å²) < 4.78 is 16.0. The molecule has 2 aromatic heterocycles. The van der Waals surface area contributed by atoms with Crippen molar-refractivity contribution in [1.82, 2.24) is 10.2 Å². The van der Waals surface area contributed by atoms with E-state index < -0.39 is 0 Å². The van der Waals surface area contributed by atoms with Crippen LogP contribution in [0.5, 0.6) is 5.75 Å². The Morgan fingerprint density at radius 1 is 1.15 bits per heavy atom. The van der Waals surface area contributed by atoms with Crippen LogP contribution in [0.15, 0.2) is 56.7 Å². The van der Waals surface area contributed by atoms with Crippen molar-refractivity contribution in [2.24, 2.45) is 0 Å². The highest BCUT2D eigenvalue weighted by atomic mass is 32.2. The van der Waals surface area contributed by atoms with Crippen molar-refractivity contribution >= 4 is 11.8 Å². The average molecular weight is 288 g/mol. The maximum absolute atomic E-state index is 5.53. The van der Waals surface area contributed by atoms with Crippen molar-refractivity contribution in [3.63, 3.8) is 0 Å². The molecule has 5 nitrogen and oxygen atoms in total. The summed E-state index contributed by atoms with van der Waals surface area (Å²) in [5.74, 6) is 2.51. The molecular weight excluding hydrogens is 276 g/mol. The van der Waals surface area contributed by atoms with Crippen molar-refractivity contribution in [2.75, 3.05) is 7.11 Å². The molecule has 0 N–H and O–H groups in total. The van der Waals surface area contributed by atoms with Gasteiger partial charge in [0.05, 0.1) is 13.4 Å². The first kappa shape index (κ1) is 12.8. The molecule has 1 aromatic carbocycles. The van der Waals surface area contributed by atoms with Gasteiger partial charge in [-0.05, 0) is 18.2 Å². The fourth-order valence-electron chi connectivity index (χ4n) is 1.73. The number of benzene rings is 1. The van der Waals surface area contributed by atoms with Gasteiger partial charge in [-0.15, -0.1) is 10.2 Å². The molecule has 3 rings (SSSR count). The van der Waals surface area contributed by atoms with Crippen LogP contribution in [0.25, 0.3) is 11.7 Å². The van der Waals surface area contributed by atoms with Crippen molar-refractivity contribution in [2.45, 2.75) is 11.0 Å². The lowest BCUT2D eigenvalue weighted by Gasteiger charge is -2.05. The molecule has 3 aromatic rings. The highest BCUT2D eigenvalue weighted by Gasteiger charge is 2.12. The Morgan fingerprint density at radius 3 is 2.85 bits per heavy atom. The van der Waals surface area contributed by atoms with E-state index in [1.54, 1.807) is 25.5 Å². The zero-order valence-corrected chi connectivity index (χ0v) is 11.6. The van der Waals surface area contributed by atoms with Crippen molar-refractivity contribution in [3.8, 4) is 17.4 Å². The maximum atomic E-state index is 5.53. The second kappa shape index (κ2) is 5.83. The summed E-state index contributed by atoms with van der Waals surface area (Å²) in [4.78, 5) is 0. The smallest absolute Gasteiger partial charge is 0.284 e. The van der Waals surface area contributed by atoms with Crippen molar-refractivity contribution in [3.05, 3.63) is 48.2 Å². The van der Waals surface area contributed by atoms with E-state index in [9.17, 15) is 0 Å². The van der Waals surface area contributed by atoms with Crippen LogP contribution in [0.3, 0.4) is 0 Å². The van der Waals surface area contributed by atoms with Gasteiger partial charge < -0.3 is 13.6 Å². The molecule has 0 atom stereocenters. The Balaban J connectivity index is 1.70. The second-order valence-electron chi connectivity index (χ2n) is 3.95. The molecule has 0 aliphatic rings. The number of para-hydroxylation sites is 1. The number of hydrogen-bond donors (Lipinski definition) is 0. The predicted molar refractivity (Wildman–Crippen MR) is 74.6 cm³/mol. The first-order chi connectivity index (χ1) is 9.86. The van der Waals surface area contributed by atoms with Crippen LogP contribution in [0.2, 0.25) is 0 Å². The van der Waals surface area contributed by atoms with Crippen LogP contribution in [-0.2, 0) is 5.75 Å². The van der Waals surface area contributed by atoms with E-state index in [0.29, 0.717) is 22.6 Å². The molecule has 0 aliphatic carbocycles. The number of furan rings is 1. The topological polar surface area (TPSA) is 61.3 Å². The van der Waals surface area contributed by atoms with Crippen molar-refractivity contribution < 1.29 is 13.6 Å². The van der Waals surface area contributed by atoms with E-state index in [4.69, 9.17) is 13.6 Å². The van der Waals surface area contributed by atoms with Gasteiger partial charge in [0.25, 0.3) is 11.1 Å². The molecule has 0 fully saturated rings.